The van der Waals surface area contributed by atoms with E-state index in [1.165, 1.54) is 32.4 Å². The zero-order valence-electron chi connectivity index (χ0n) is 13.3. The molecule has 1 saturated heterocycles. The summed E-state index contributed by atoms with van der Waals surface area (Å²) in [4.78, 5) is 2.56. The number of rotatable bonds is 5. The zero-order valence-corrected chi connectivity index (χ0v) is 13.3. The largest absolute Gasteiger partial charge is 0.494 e. The summed E-state index contributed by atoms with van der Waals surface area (Å²) in [7, 11) is 0. The van der Waals surface area contributed by atoms with E-state index in [1.54, 1.807) is 12.1 Å². The Bertz CT molecular complexity index is 490. The Kier molecular flexibility index (Phi) is 5.64. The van der Waals surface area contributed by atoms with Gasteiger partial charge in [0.2, 0.25) is 0 Å². The monoisotopic (exact) mass is 286 g/mol. The van der Waals surface area contributed by atoms with Gasteiger partial charge in [0.05, 0.1) is 18.2 Å². The first kappa shape index (κ1) is 15.9. The van der Waals surface area contributed by atoms with E-state index in [9.17, 15) is 0 Å². The SMILES string of the molecule is CC1(C)CCCN(CCCOc2cccc(C#N)c2)CC1. The maximum Gasteiger partial charge on any atom is 0.120 e. The van der Waals surface area contributed by atoms with Crippen molar-refractivity contribution in [2.45, 2.75) is 39.5 Å². The Labute approximate surface area is 128 Å². The fraction of sp³-hybridized carbons (Fsp3) is 0.611. The fourth-order valence-electron chi connectivity index (χ4n) is 2.84. The topological polar surface area (TPSA) is 36.3 Å². The Balaban J connectivity index is 1.69. The van der Waals surface area contributed by atoms with Gasteiger partial charge in [0.1, 0.15) is 5.75 Å². The molecule has 1 aromatic carbocycles. The second-order valence-corrected chi connectivity index (χ2v) is 6.70. The number of nitrogens with zero attached hydrogens (tertiary/aromatic N) is 2. The molecule has 2 rings (SSSR count). The molecule has 1 aliphatic heterocycles. The number of likely N-dealkylation sites (tertiary alicyclic amines) is 1. The summed E-state index contributed by atoms with van der Waals surface area (Å²) < 4.78 is 5.73. The van der Waals surface area contributed by atoms with E-state index in [0.29, 0.717) is 11.0 Å². The highest BCUT2D eigenvalue weighted by Crippen LogP contribution is 2.29. The van der Waals surface area contributed by atoms with Crippen molar-refractivity contribution in [2.75, 3.05) is 26.2 Å². The molecule has 1 aromatic rings. The average Bonchev–Trinajstić information content (AvgIpc) is 2.65. The fourth-order valence-corrected chi connectivity index (χ4v) is 2.84. The van der Waals surface area contributed by atoms with Crippen LogP contribution >= 0.6 is 0 Å². The van der Waals surface area contributed by atoms with Crippen molar-refractivity contribution in [1.82, 2.24) is 4.90 Å². The van der Waals surface area contributed by atoms with Crippen LogP contribution in [0, 0.1) is 16.7 Å². The van der Waals surface area contributed by atoms with Gasteiger partial charge in [-0.15, -0.1) is 0 Å². The van der Waals surface area contributed by atoms with Crippen molar-refractivity contribution >= 4 is 0 Å². The van der Waals surface area contributed by atoms with Crippen LogP contribution in [0.15, 0.2) is 24.3 Å². The minimum absolute atomic E-state index is 0.503. The predicted octanol–water partition coefficient (Wildman–Crippen LogP) is 3.84. The van der Waals surface area contributed by atoms with Gasteiger partial charge in [-0.2, -0.15) is 5.26 Å². The van der Waals surface area contributed by atoms with Gasteiger partial charge in [-0.25, -0.2) is 0 Å². The molecule has 0 saturated carbocycles. The van der Waals surface area contributed by atoms with Gasteiger partial charge in [-0.05, 0) is 62.4 Å². The van der Waals surface area contributed by atoms with Crippen molar-refractivity contribution in [3.8, 4) is 11.8 Å². The number of hydrogen-bond acceptors (Lipinski definition) is 3. The summed E-state index contributed by atoms with van der Waals surface area (Å²) in [6.45, 7) is 9.00. The maximum atomic E-state index is 8.86. The van der Waals surface area contributed by atoms with Crippen LogP contribution in [0.5, 0.6) is 5.75 Å². The van der Waals surface area contributed by atoms with E-state index in [-0.39, 0.29) is 0 Å². The Morgan fingerprint density at radius 2 is 2.14 bits per heavy atom. The molecule has 3 heteroatoms. The lowest BCUT2D eigenvalue weighted by atomic mass is 9.85. The van der Waals surface area contributed by atoms with Gasteiger partial charge >= 0.3 is 0 Å². The summed E-state index contributed by atoms with van der Waals surface area (Å²) >= 11 is 0. The third-order valence-corrected chi connectivity index (χ3v) is 4.28. The lowest BCUT2D eigenvalue weighted by Crippen LogP contribution is -2.27. The quantitative estimate of drug-likeness (QED) is 0.772. The third-order valence-electron chi connectivity index (χ3n) is 4.28. The number of ether oxygens (including phenoxy) is 1. The van der Waals surface area contributed by atoms with E-state index < -0.39 is 0 Å². The minimum Gasteiger partial charge on any atom is -0.494 e. The molecule has 3 nitrogen and oxygen atoms in total. The van der Waals surface area contributed by atoms with E-state index in [1.807, 2.05) is 12.1 Å². The van der Waals surface area contributed by atoms with E-state index in [4.69, 9.17) is 10.00 Å². The van der Waals surface area contributed by atoms with E-state index in [0.717, 1.165) is 25.3 Å². The van der Waals surface area contributed by atoms with Crippen LogP contribution in [0.3, 0.4) is 0 Å². The van der Waals surface area contributed by atoms with Crippen LogP contribution < -0.4 is 4.74 Å². The molecule has 0 unspecified atom stereocenters. The summed E-state index contributed by atoms with van der Waals surface area (Å²) in [5.41, 5.74) is 1.16. The molecular formula is C18H26N2O. The molecule has 21 heavy (non-hydrogen) atoms. The average molecular weight is 286 g/mol. The first-order valence-corrected chi connectivity index (χ1v) is 7.94. The summed E-state index contributed by atoms with van der Waals surface area (Å²) in [5.74, 6) is 0.797. The summed E-state index contributed by atoms with van der Waals surface area (Å²) in [6, 6.07) is 9.51. The van der Waals surface area contributed by atoms with Gasteiger partial charge in [-0.3, -0.25) is 0 Å². The number of benzene rings is 1. The van der Waals surface area contributed by atoms with Crippen molar-refractivity contribution in [3.63, 3.8) is 0 Å². The zero-order chi connectivity index (χ0) is 15.1. The highest BCUT2D eigenvalue weighted by molar-refractivity contribution is 5.36. The van der Waals surface area contributed by atoms with Crippen molar-refractivity contribution in [3.05, 3.63) is 29.8 Å². The lowest BCUT2D eigenvalue weighted by Gasteiger charge is -2.23. The van der Waals surface area contributed by atoms with Crippen LogP contribution in [-0.2, 0) is 0 Å². The molecule has 1 fully saturated rings. The van der Waals surface area contributed by atoms with E-state index in [2.05, 4.69) is 24.8 Å². The van der Waals surface area contributed by atoms with Gasteiger partial charge in [0.25, 0.3) is 0 Å². The first-order valence-electron chi connectivity index (χ1n) is 7.94. The number of nitriles is 1. The van der Waals surface area contributed by atoms with Gasteiger partial charge in [0, 0.05) is 6.54 Å². The van der Waals surface area contributed by atoms with Crippen LogP contribution in [0.25, 0.3) is 0 Å². The number of hydrogen-bond donors (Lipinski definition) is 0. The molecule has 0 bridgehead atoms. The Morgan fingerprint density at radius 1 is 1.29 bits per heavy atom. The van der Waals surface area contributed by atoms with Gasteiger partial charge in [0.15, 0.2) is 0 Å². The normalized spacial score (nSPS) is 18.7. The smallest absolute Gasteiger partial charge is 0.120 e. The second-order valence-electron chi connectivity index (χ2n) is 6.70. The lowest BCUT2D eigenvalue weighted by molar-refractivity contribution is 0.231. The van der Waals surface area contributed by atoms with Crippen LogP contribution in [0.1, 0.15) is 45.1 Å². The highest BCUT2D eigenvalue weighted by atomic mass is 16.5. The van der Waals surface area contributed by atoms with Crippen LogP contribution in [0.4, 0.5) is 0 Å². The molecule has 1 heterocycles. The molecule has 0 N–H and O–H groups in total. The van der Waals surface area contributed by atoms with Crippen LogP contribution in [0.2, 0.25) is 0 Å². The molecule has 0 radical (unpaired) electrons. The third kappa shape index (κ3) is 5.40. The first-order chi connectivity index (χ1) is 10.1. The van der Waals surface area contributed by atoms with Crippen molar-refractivity contribution < 1.29 is 4.74 Å². The Morgan fingerprint density at radius 3 is 2.95 bits per heavy atom. The predicted molar refractivity (Wildman–Crippen MR) is 85.3 cm³/mol. The molecule has 0 spiro atoms. The molecule has 0 aromatic heterocycles. The van der Waals surface area contributed by atoms with E-state index >= 15 is 0 Å². The van der Waals surface area contributed by atoms with Crippen molar-refractivity contribution in [2.24, 2.45) is 5.41 Å². The molecular weight excluding hydrogens is 260 g/mol. The van der Waals surface area contributed by atoms with Gasteiger partial charge < -0.3 is 9.64 Å². The molecule has 0 amide bonds. The van der Waals surface area contributed by atoms with Gasteiger partial charge in [-0.1, -0.05) is 19.9 Å². The highest BCUT2D eigenvalue weighted by Gasteiger charge is 2.22. The molecule has 114 valence electrons. The standard InChI is InChI=1S/C18H26N2O/c1-18(2)8-4-10-20(12-9-18)11-5-13-21-17-7-3-6-16(14-17)15-19/h3,6-7,14H,4-5,8-13H2,1-2H3. The summed E-state index contributed by atoms with van der Waals surface area (Å²) in [5, 5.41) is 8.86. The molecule has 0 aliphatic carbocycles. The van der Waals surface area contributed by atoms with Crippen LogP contribution in [-0.4, -0.2) is 31.1 Å². The molecule has 1 aliphatic rings. The van der Waals surface area contributed by atoms with Crippen molar-refractivity contribution in [1.29, 1.82) is 5.26 Å². The molecule has 0 atom stereocenters. The minimum atomic E-state index is 0.503. The maximum absolute atomic E-state index is 8.86. The second kappa shape index (κ2) is 7.47. The Hall–Kier alpha value is -1.53. The summed E-state index contributed by atoms with van der Waals surface area (Å²) in [6.07, 6.45) is 4.97.